The maximum absolute atomic E-state index is 11.2. The molecule has 92 valence electrons. The molecule has 0 saturated carbocycles. The summed E-state index contributed by atoms with van der Waals surface area (Å²) in [4.78, 5) is 11.2. The van der Waals surface area contributed by atoms with Crippen molar-refractivity contribution in [2.45, 2.75) is 65.7 Å². The molecule has 1 aliphatic rings. The number of ketones is 1. The Bertz CT molecular complexity index is 252. The first-order valence-corrected chi connectivity index (χ1v) is 6.87. The summed E-state index contributed by atoms with van der Waals surface area (Å²) in [5.74, 6) is 1.99. The van der Waals surface area contributed by atoms with E-state index in [9.17, 15) is 4.79 Å². The van der Waals surface area contributed by atoms with E-state index in [1.54, 1.807) is 0 Å². The van der Waals surface area contributed by atoms with E-state index in [0.29, 0.717) is 5.78 Å². The van der Waals surface area contributed by atoms with E-state index in [4.69, 9.17) is 0 Å². The van der Waals surface area contributed by atoms with Crippen LogP contribution in [0.25, 0.3) is 0 Å². The van der Waals surface area contributed by atoms with Crippen molar-refractivity contribution >= 4 is 5.78 Å². The Morgan fingerprint density at radius 2 is 1.94 bits per heavy atom. The van der Waals surface area contributed by atoms with Crippen LogP contribution in [0.1, 0.15) is 65.7 Å². The van der Waals surface area contributed by atoms with Gasteiger partial charge >= 0.3 is 0 Å². The van der Waals surface area contributed by atoms with E-state index in [-0.39, 0.29) is 0 Å². The summed E-state index contributed by atoms with van der Waals surface area (Å²) in [6.07, 6.45) is 10.1. The third-order valence-corrected chi connectivity index (χ3v) is 3.95. The van der Waals surface area contributed by atoms with Gasteiger partial charge in [-0.3, -0.25) is 4.79 Å². The molecule has 0 spiro atoms. The fourth-order valence-electron chi connectivity index (χ4n) is 2.36. The second-order valence-electron chi connectivity index (χ2n) is 5.34. The molecule has 2 atom stereocenters. The van der Waals surface area contributed by atoms with Crippen molar-refractivity contribution in [3.8, 4) is 0 Å². The van der Waals surface area contributed by atoms with E-state index < -0.39 is 0 Å². The van der Waals surface area contributed by atoms with E-state index >= 15 is 0 Å². The van der Waals surface area contributed by atoms with Crippen molar-refractivity contribution in [2.24, 2.45) is 11.8 Å². The van der Waals surface area contributed by atoms with Crippen molar-refractivity contribution < 1.29 is 4.79 Å². The average Bonchev–Trinajstić information content (AvgIpc) is 2.69. The summed E-state index contributed by atoms with van der Waals surface area (Å²) >= 11 is 0. The maximum Gasteiger partial charge on any atom is 0.155 e. The van der Waals surface area contributed by atoms with Gasteiger partial charge in [-0.15, -0.1) is 0 Å². The topological polar surface area (TPSA) is 17.1 Å². The fourth-order valence-corrected chi connectivity index (χ4v) is 2.36. The van der Waals surface area contributed by atoms with Crippen molar-refractivity contribution in [3.63, 3.8) is 0 Å². The second kappa shape index (κ2) is 6.88. The Kier molecular flexibility index (Phi) is 5.79. The number of allylic oxidation sites excluding steroid dienone is 2. The first-order chi connectivity index (χ1) is 7.65. The van der Waals surface area contributed by atoms with E-state index in [0.717, 1.165) is 24.7 Å². The van der Waals surface area contributed by atoms with Crippen LogP contribution >= 0.6 is 0 Å². The molecule has 0 aromatic carbocycles. The van der Waals surface area contributed by atoms with Crippen LogP contribution in [0, 0.1) is 11.8 Å². The zero-order valence-electron chi connectivity index (χ0n) is 11.1. The number of carbonyl (C=O) groups is 1. The molecule has 0 aromatic rings. The molecule has 0 bridgehead atoms. The summed E-state index contributed by atoms with van der Waals surface area (Å²) in [5, 5.41) is 0. The summed E-state index contributed by atoms with van der Waals surface area (Å²) in [5.41, 5.74) is 1.40. The van der Waals surface area contributed by atoms with Gasteiger partial charge < -0.3 is 0 Å². The molecule has 2 unspecified atom stereocenters. The third-order valence-electron chi connectivity index (χ3n) is 3.95. The minimum atomic E-state index is 0.340. The van der Waals surface area contributed by atoms with Crippen LogP contribution in [0.4, 0.5) is 0 Å². The molecule has 0 N–H and O–H groups in total. The highest BCUT2D eigenvalue weighted by atomic mass is 16.1. The highest BCUT2D eigenvalue weighted by Gasteiger charge is 2.16. The quantitative estimate of drug-likeness (QED) is 0.619. The van der Waals surface area contributed by atoms with Crippen molar-refractivity contribution in [1.29, 1.82) is 0 Å². The number of hydrogen-bond acceptors (Lipinski definition) is 1. The smallest absolute Gasteiger partial charge is 0.155 e. The van der Waals surface area contributed by atoms with Crippen molar-refractivity contribution in [1.82, 2.24) is 0 Å². The average molecular weight is 222 g/mol. The summed E-state index contributed by atoms with van der Waals surface area (Å²) in [7, 11) is 0. The Morgan fingerprint density at radius 1 is 1.19 bits per heavy atom. The number of rotatable bonds is 7. The van der Waals surface area contributed by atoms with E-state index in [1.807, 2.05) is 6.08 Å². The van der Waals surface area contributed by atoms with Gasteiger partial charge in [-0.2, -0.15) is 0 Å². The van der Waals surface area contributed by atoms with Crippen molar-refractivity contribution in [2.75, 3.05) is 0 Å². The number of carbonyl (C=O) groups excluding carboxylic acids is 1. The maximum atomic E-state index is 11.2. The monoisotopic (exact) mass is 222 g/mol. The van der Waals surface area contributed by atoms with Crippen LogP contribution < -0.4 is 0 Å². The lowest BCUT2D eigenvalue weighted by Gasteiger charge is -2.17. The molecule has 1 rings (SSSR count). The second-order valence-corrected chi connectivity index (χ2v) is 5.34. The summed E-state index contributed by atoms with van der Waals surface area (Å²) in [6, 6.07) is 0. The van der Waals surface area contributed by atoms with Gasteiger partial charge in [0.1, 0.15) is 0 Å². The van der Waals surface area contributed by atoms with Gasteiger partial charge in [-0.25, -0.2) is 0 Å². The molecule has 0 aromatic heterocycles. The lowest BCUT2D eigenvalue weighted by molar-refractivity contribution is -0.114. The van der Waals surface area contributed by atoms with Crippen LogP contribution in [0.15, 0.2) is 11.6 Å². The zero-order valence-corrected chi connectivity index (χ0v) is 11.1. The molecule has 0 radical (unpaired) electrons. The van der Waals surface area contributed by atoms with Crippen LogP contribution in [0.2, 0.25) is 0 Å². The largest absolute Gasteiger partial charge is 0.295 e. The lowest BCUT2D eigenvalue weighted by atomic mass is 9.89. The first-order valence-electron chi connectivity index (χ1n) is 6.87. The molecule has 0 fully saturated rings. The first kappa shape index (κ1) is 13.5. The molecule has 1 heteroatoms. The van der Waals surface area contributed by atoms with Gasteiger partial charge in [0.25, 0.3) is 0 Å². The normalized spacial score (nSPS) is 19.7. The molecule has 1 aliphatic carbocycles. The minimum Gasteiger partial charge on any atom is -0.295 e. The lowest BCUT2D eigenvalue weighted by Crippen LogP contribution is -2.03. The van der Waals surface area contributed by atoms with Gasteiger partial charge in [0.15, 0.2) is 5.78 Å². The van der Waals surface area contributed by atoms with Gasteiger partial charge in [-0.05, 0) is 37.2 Å². The van der Waals surface area contributed by atoms with Crippen molar-refractivity contribution in [3.05, 3.63) is 11.6 Å². The molecule has 16 heavy (non-hydrogen) atoms. The van der Waals surface area contributed by atoms with Crippen LogP contribution in [-0.4, -0.2) is 5.78 Å². The Labute approximate surface area is 100 Å². The minimum absolute atomic E-state index is 0.340. The summed E-state index contributed by atoms with van der Waals surface area (Å²) < 4.78 is 0. The Hall–Kier alpha value is -0.590. The van der Waals surface area contributed by atoms with Gasteiger partial charge in [0.05, 0.1) is 0 Å². The zero-order chi connectivity index (χ0) is 12.0. The van der Waals surface area contributed by atoms with Gasteiger partial charge in [0.2, 0.25) is 0 Å². The molecule has 0 heterocycles. The summed E-state index contributed by atoms with van der Waals surface area (Å²) in [6.45, 7) is 6.88. The third kappa shape index (κ3) is 4.51. The molecule has 0 aliphatic heterocycles. The Morgan fingerprint density at radius 3 is 2.44 bits per heavy atom. The molecule has 1 nitrogen and oxygen atoms in total. The molecule has 0 saturated heterocycles. The highest BCUT2D eigenvalue weighted by Crippen LogP contribution is 2.28. The molecular formula is C15H26O. The fraction of sp³-hybridized carbons (Fsp3) is 0.800. The van der Waals surface area contributed by atoms with Crippen LogP contribution in [0.5, 0.6) is 0 Å². The number of hydrogen-bond donors (Lipinski definition) is 0. The highest BCUT2D eigenvalue weighted by molar-refractivity contribution is 5.92. The molecule has 0 amide bonds. The molecular weight excluding hydrogens is 196 g/mol. The van der Waals surface area contributed by atoms with Gasteiger partial charge in [0, 0.05) is 6.42 Å². The van der Waals surface area contributed by atoms with Gasteiger partial charge in [-0.1, -0.05) is 45.6 Å². The predicted octanol–water partition coefficient (Wildman–Crippen LogP) is 4.52. The SMILES string of the molecule is CCC(C)CCC(CC)CC1=CC(=O)CC1. The predicted molar refractivity (Wildman–Crippen MR) is 69.4 cm³/mol. The van der Waals surface area contributed by atoms with E-state index in [2.05, 4.69) is 20.8 Å². The van der Waals surface area contributed by atoms with Crippen LogP contribution in [0.3, 0.4) is 0 Å². The Balaban J connectivity index is 2.31. The standard InChI is InChI=1S/C15H26O/c1-4-12(3)6-7-13(5-2)10-14-8-9-15(16)11-14/h11-13H,4-10H2,1-3H3. The van der Waals surface area contributed by atoms with E-state index in [1.165, 1.54) is 37.7 Å². The van der Waals surface area contributed by atoms with Crippen LogP contribution in [-0.2, 0) is 4.79 Å².